The van der Waals surface area contributed by atoms with Gasteiger partial charge in [-0.2, -0.15) is 0 Å². The monoisotopic (exact) mass is 348 g/mol. The first-order valence-electron chi connectivity index (χ1n) is 8.75. The maximum atomic E-state index is 12.0. The molecule has 138 valence electrons. The summed E-state index contributed by atoms with van der Waals surface area (Å²) < 4.78 is 5.62. The van der Waals surface area contributed by atoms with Crippen LogP contribution >= 0.6 is 0 Å². The number of aliphatic carboxylic acids is 1. The van der Waals surface area contributed by atoms with Gasteiger partial charge in [-0.05, 0) is 43.5 Å². The molecule has 1 saturated heterocycles. The van der Waals surface area contributed by atoms with E-state index in [4.69, 9.17) is 4.74 Å². The lowest BCUT2D eigenvalue weighted by Crippen LogP contribution is -2.39. The van der Waals surface area contributed by atoms with Crippen molar-refractivity contribution in [3.63, 3.8) is 0 Å². The van der Waals surface area contributed by atoms with Gasteiger partial charge >= 0.3 is 5.97 Å². The van der Waals surface area contributed by atoms with Gasteiger partial charge in [0.15, 0.2) is 0 Å². The SMILES string of the molecule is CC(C)c1ccc(OCCNC(=O)CN2CCC(C)(C(=O)O)C2)cc1. The molecule has 1 heterocycles. The molecule has 0 radical (unpaired) electrons. The summed E-state index contributed by atoms with van der Waals surface area (Å²) in [6.07, 6.45) is 0.575. The summed E-state index contributed by atoms with van der Waals surface area (Å²) in [5.41, 5.74) is 0.519. The molecule has 1 amide bonds. The Bertz CT molecular complexity index is 600. The number of hydrogen-bond donors (Lipinski definition) is 2. The molecule has 6 heteroatoms. The summed E-state index contributed by atoms with van der Waals surface area (Å²) in [5, 5.41) is 12.0. The molecule has 1 aliphatic rings. The van der Waals surface area contributed by atoms with Gasteiger partial charge in [-0.15, -0.1) is 0 Å². The third-order valence-electron chi connectivity index (χ3n) is 4.68. The summed E-state index contributed by atoms with van der Waals surface area (Å²) in [6.45, 7) is 8.12. The summed E-state index contributed by atoms with van der Waals surface area (Å²) in [5.74, 6) is 0.373. The fraction of sp³-hybridized carbons (Fsp3) is 0.579. The third kappa shape index (κ3) is 5.46. The molecule has 1 aliphatic heterocycles. The number of nitrogens with one attached hydrogen (secondary N) is 1. The molecule has 1 atom stereocenters. The first-order valence-corrected chi connectivity index (χ1v) is 8.75. The highest BCUT2D eigenvalue weighted by atomic mass is 16.5. The van der Waals surface area contributed by atoms with E-state index in [2.05, 4.69) is 19.2 Å². The van der Waals surface area contributed by atoms with Crippen molar-refractivity contribution < 1.29 is 19.4 Å². The van der Waals surface area contributed by atoms with Gasteiger partial charge in [0.1, 0.15) is 12.4 Å². The van der Waals surface area contributed by atoms with E-state index in [0.717, 1.165) is 5.75 Å². The molecule has 0 saturated carbocycles. The lowest BCUT2D eigenvalue weighted by molar-refractivity contribution is -0.147. The highest BCUT2D eigenvalue weighted by Gasteiger charge is 2.40. The van der Waals surface area contributed by atoms with Gasteiger partial charge in [0, 0.05) is 6.54 Å². The van der Waals surface area contributed by atoms with Crippen LogP contribution in [0.1, 0.15) is 38.7 Å². The van der Waals surface area contributed by atoms with Crippen LogP contribution in [0.15, 0.2) is 24.3 Å². The number of benzene rings is 1. The number of hydrogen-bond acceptors (Lipinski definition) is 4. The van der Waals surface area contributed by atoms with Crippen molar-refractivity contribution in [2.75, 3.05) is 32.8 Å². The minimum Gasteiger partial charge on any atom is -0.492 e. The molecule has 25 heavy (non-hydrogen) atoms. The third-order valence-corrected chi connectivity index (χ3v) is 4.68. The van der Waals surface area contributed by atoms with Gasteiger partial charge in [-0.3, -0.25) is 14.5 Å². The molecule has 1 aromatic rings. The first kappa shape index (κ1) is 19.2. The Morgan fingerprint density at radius 3 is 2.56 bits per heavy atom. The molecule has 0 bridgehead atoms. The molecule has 0 aliphatic carbocycles. The van der Waals surface area contributed by atoms with Crippen molar-refractivity contribution in [3.8, 4) is 5.75 Å². The normalized spacial score (nSPS) is 20.6. The Balaban J connectivity index is 1.65. The molecule has 0 aromatic heterocycles. The number of carbonyl (C=O) groups is 2. The van der Waals surface area contributed by atoms with Gasteiger partial charge in [0.2, 0.25) is 5.91 Å². The second-order valence-corrected chi connectivity index (χ2v) is 7.25. The average Bonchev–Trinajstić information content (AvgIpc) is 2.94. The number of rotatable bonds is 8. The zero-order valence-electron chi connectivity index (χ0n) is 15.2. The highest BCUT2D eigenvalue weighted by molar-refractivity contribution is 5.79. The smallest absolute Gasteiger partial charge is 0.310 e. The molecule has 2 N–H and O–H groups in total. The quantitative estimate of drug-likeness (QED) is 0.704. The lowest BCUT2D eigenvalue weighted by Gasteiger charge is -2.19. The predicted molar refractivity (Wildman–Crippen MR) is 95.8 cm³/mol. The van der Waals surface area contributed by atoms with Crippen LogP contribution in [0.3, 0.4) is 0 Å². The molecule has 2 rings (SSSR count). The fourth-order valence-corrected chi connectivity index (χ4v) is 2.93. The van der Waals surface area contributed by atoms with E-state index >= 15 is 0 Å². The predicted octanol–water partition coefficient (Wildman–Crippen LogP) is 2.10. The number of nitrogens with zero attached hydrogens (tertiary/aromatic N) is 1. The Hall–Kier alpha value is -2.08. The highest BCUT2D eigenvalue weighted by Crippen LogP contribution is 2.29. The Morgan fingerprint density at radius 1 is 1.32 bits per heavy atom. The van der Waals surface area contributed by atoms with Crippen molar-refractivity contribution in [1.82, 2.24) is 10.2 Å². The number of amides is 1. The maximum Gasteiger partial charge on any atom is 0.310 e. The summed E-state index contributed by atoms with van der Waals surface area (Å²) in [4.78, 5) is 25.1. The molecular formula is C19H28N2O4. The fourth-order valence-electron chi connectivity index (χ4n) is 2.93. The molecule has 6 nitrogen and oxygen atoms in total. The van der Waals surface area contributed by atoms with Crippen LogP contribution in [0.4, 0.5) is 0 Å². The van der Waals surface area contributed by atoms with Crippen molar-refractivity contribution in [2.45, 2.75) is 33.1 Å². The van der Waals surface area contributed by atoms with Crippen LogP contribution in [0.5, 0.6) is 5.75 Å². The van der Waals surface area contributed by atoms with Crippen LogP contribution in [0.25, 0.3) is 0 Å². The Kier molecular flexibility index (Phi) is 6.42. The van der Waals surface area contributed by atoms with Crippen molar-refractivity contribution in [2.24, 2.45) is 5.41 Å². The van der Waals surface area contributed by atoms with Gasteiger partial charge in [-0.25, -0.2) is 0 Å². The standard InChI is InChI=1S/C19H28N2O4/c1-14(2)15-4-6-16(7-5-15)25-11-9-20-17(22)12-21-10-8-19(3,13-21)18(23)24/h4-7,14H,8-13H2,1-3H3,(H,20,22)(H,23,24). The van der Waals surface area contributed by atoms with Crippen LogP contribution in [0.2, 0.25) is 0 Å². The topological polar surface area (TPSA) is 78.9 Å². The zero-order chi connectivity index (χ0) is 18.4. The molecule has 1 aromatic carbocycles. The molecular weight excluding hydrogens is 320 g/mol. The van der Waals surface area contributed by atoms with E-state index in [0.29, 0.717) is 38.6 Å². The minimum atomic E-state index is -0.799. The van der Waals surface area contributed by atoms with E-state index in [1.165, 1.54) is 5.56 Å². The lowest BCUT2D eigenvalue weighted by atomic mass is 9.90. The van der Waals surface area contributed by atoms with Crippen LogP contribution in [-0.4, -0.2) is 54.7 Å². The summed E-state index contributed by atoms with van der Waals surface area (Å²) in [6, 6.07) is 7.97. The second kappa shape index (κ2) is 8.34. The van der Waals surface area contributed by atoms with Crippen LogP contribution in [0, 0.1) is 5.41 Å². The van der Waals surface area contributed by atoms with Gasteiger partial charge in [-0.1, -0.05) is 26.0 Å². The van der Waals surface area contributed by atoms with E-state index in [-0.39, 0.29) is 12.5 Å². The number of carbonyl (C=O) groups excluding carboxylic acids is 1. The molecule has 1 unspecified atom stereocenters. The van der Waals surface area contributed by atoms with E-state index in [1.54, 1.807) is 6.92 Å². The maximum absolute atomic E-state index is 12.0. The minimum absolute atomic E-state index is 0.103. The van der Waals surface area contributed by atoms with Crippen LogP contribution in [-0.2, 0) is 9.59 Å². The molecule has 0 spiro atoms. The first-order chi connectivity index (χ1) is 11.8. The van der Waals surface area contributed by atoms with Crippen molar-refractivity contribution >= 4 is 11.9 Å². The average molecular weight is 348 g/mol. The summed E-state index contributed by atoms with van der Waals surface area (Å²) >= 11 is 0. The molecule has 1 fully saturated rings. The number of ether oxygens (including phenoxy) is 1. The zero-order valence-corrected chi connectivity index (χ0v) is 15.2. The van der Waals surface area contributed by atoms with Crippen molar-refractivity contribution in [3.05, 3.63) is 29.8 Å². The Morgan fingerprint density at radius 2 is 2.00 bits per heavy atom. The Labute approximate surface area is 149 Å². The van der Waals surface area contributed by atoms with E-state index in [1.807, 2.05) is 29.2 Å². The van der Waals surface area contributed by atoms with Crippen LogP contribution < -0.4 is 10.1 Å². The van der Waals surface area contributed by atoms with E-state index in [9.17, 15) is 14.7 Å². The number of carboxylic acids is 1. The van der Waals surface area contributed by atoms with Gasteiger partial charge < -0.3 is 15.2 Å². The van der Waals surface area contributed by atoms with E-state index < -0.39 is 11.4 Å². The van der Waals surface area contributed by atoms with Gasteiger partial charge in [0.25, 0.3) is 0 Å². The van der Waals surface area contributed by atoms with Crippen molar-refractivity contribution in [1.29, 1.82) is 0 Å². The summed E-state index contributed by atoms with van der Waals surface area (Å²) in [7, 11) is 0. The second-order valence-electron chi connectivity index (χ2n) is 7.25. The number of carboxylic acid groups (broad SMARTS) is 1. The largest absolute Gasteiger partial charge is 0.492 e. The number of likely N-dealkylation sites (tertiary alicyclic amines) is 1. The van der Waals surface area contributed by atoms with Gasteiger partial charge in [0.05, 0.1) is 18.5 Å².